The van der Waals surface area contributed by atoms with Crippen molar-refractivity contribution in [2.24, 2.45) is 0 Å². The maximum atomic E-state index is 6.53. The molecule has 6 heteroatoms. The van der Waals surface area contributed by atoms with E-state index in [4.69, 9.17) is 14.7 Å². The molecule has 0 saturated carbocycles. The van der Waals surface area contributed by atoms with E-state index < -0.39 is 0 Å². The Morgan fingerprint density at radius 2 is 1.63 bits per heavy atom. The minimum atomic E-state index is 0.778. The van der Waals surface area contributed by atoms with E-state index >= 15 is 0 Å². The molecule has 0 fully saturated rings. The number of para-hydroxylation sites is 2. The van der Waals surface area contributed by atoms with Gasteiger partial charge in [-0.2, -0.15) is 0 Å². The number of hydrogen-bond donors (Lipinski definition) is 0. The Bertz CT molecular complexity index is 1660. The molecule has 7 rings (SSSR count). The molecule has 0 spiro atoms. The summed E-state index contributed by atoms with van der Waals surface area (Å²) in [5.74, 6) is 3.69. The number of rotatable bonds is 2. The molecular formula is C29H27N5O. The van der Waals surface area contributed by atoms with Gasteiger partial charge in [-0.3, -0.25) is 0 Å². The largest absolute Gasteiger partial charge is 0.457 e. The summed E-state index contributed by atoms with van der Waals surface area (Å²) in [6.45, 7) is 8.13. The molecule has 0 bridgehead atoms. The number of benzene rings is 3. The van der Waals surface area contributed by atoms with E-state index in [9.17, 15) is 0 Å². The van der Waals surface area contributed by atoms with Crippen LogP contribution < -0.4 is 9.64 Å². The molecule has 2 aromatic heterocycles. The Morgan fingerprint density at radius 1 is 0.857 bits per heavy atom. The van der Waals surface area contributed by atoms with E-state index in [0.29, 0.717) is 0 Å². The van der Waals surface area contributed by atoms with Gasteiger partial charge in [0.25, 0.3) is 0 Å². The number of aromatic nitrogens is 4. The molecule has 2 aliphatic rings. The van der Waals surface area contributed by atoms with Gasteiger partial charge in [0.15, 0.2) is 0 Å². The number of ether oxygens (including phenoxy) is 1. The SMILES string of the molecule is Cc1cn2c(n1)-c1cc(Oc3cc(C)c4c(c3)-c3nc5ccccc5n3CN4C)cc(C)c1CC2. The monoisotopic (exact) mass is 461 g/mol. The van der Waals surface area contributed by atoms with Crippen LogP contribution in [0.5, 0.6) is 11.5 Å². The van der Waals surface area contributed by atoms with E-state index in [-0.39, 0.29) is 0 Å². The van der Waals surface area contributed by atoms with Gasteiger partial charge in [0.2, 0.25) is 0 Å². The molecule has 3 aromatic carbocycles. The first-order chi connectivity index (χ1) is 17.0. The molecule has 5 aromatic rings. The standard InChI is InChI=1S/C29H27N5O/c1-17-11-20(13-23-22(17)9-10-33-15-19(3)30-28(23)33)35-21-12-18(2)27-24(14-21)29-31-25-7-5-6-8-26(25)34(29)16-32(27)4/h5-8,11-15H,9-10,16H2,1-4H3. The summed E-state index contributed by atoms with van der Waals surface area (Å²) in [7, 11) is 2.14. The Morgan fingerprint density at radius 3 is 2.49 bits per heavy atom. The van der Waals surface area contributed by atoms with E-state index in [1.165, 1.54) is 27.9 Å². The van der Waals surface area contributed by atoms with Gasteiger partial charge in [-0.05, 0) is 80.3 Å². The molecule has 0 amide bonds. The van der Waals surface area contributed by atoms with Crippen LogP contribution in [0.3, 0.4) is 0 Å². The van der Waals surface area contributed by atoms with Gasteiger partial charge in [-0.15, -0.1) is 0 Å². The molecule has 0 atom stereocenters. The highest BCUT2D eigenvalue weighted by Crippen LogP contribution is 2.43. The first-order valence-corrected chi connectivity index (χ1v) is 12.1. The van der Waals surface area contributed by atoms with Crippen molar-refractivity contribution in [1.82, 2.24) is 19.1 Å². The normalized spacial score (nSPS) is 13.9. The van der Waals surface area contributed by atoms with E-state index in [1.807, 2.05) is 6.07 Å². The summed E-state index contributed by atoms with van der Waals surface area (Å²) in [6, 6.07) is 16.9. The van der Waals surface area contributed by atoms with Crippen LogP contribution in [-0.2, 0) is 19.6 Å². The van der Waals surface area contributed by atoms with Crippen LogP contribution in [0, 0.1) is 20.8 Å². The van der Waals surface area contributed by atoms with Gasteiger partial charge in [0, 0.05) is 30.9 Å². The van der Waals surface area contributed by atoms with Crippen molar-refractivity contribution in [3.05, 3.63) is 77.1 Å². The first-order valence-electron chi connectivity index (χ1n) is 12.1. The Kier molecular flexibility index (Phi) is 4.19. The summed E-state index contributed by atoms with van der Waals surface area (Å²) in [5.41, 5.74) is 10.5. The zero-order chi connectivity index (χ0) is 23.8. The lowest BCUT2D eigenvalue weighted by atomic mass is 9.95. The van der Waals surface area contributed by atoms with Crippen LogP contribution in [0.1, 0.15) is 22.4 Å². The minimum absolute atomic E-state index is 0.778. The first kappa shape index (κ1) is 20.3. The minimum Gasteiger partial charge on any atom is -0.457 e. The summed E-state index contributed by atoms with van der Waals surface area (Å²) < 4.78 is 11.1. The second kappa shape index (κ2) is 7.22. The lowest BCUT2D eigenvalue weighted by molar-refractivity contribution is 0.481. The molecule has 35 heavy (non-hydrogen) atoms. The molecule has 6 nitrogen and oxygen atoms in total. The third kappa shape index (κ3) is 3.02. The van der Waals surface area contributed by atoms with Crippen LogP contribution in [0.2, 0.25) is 0 Å². The number of anilines is 1. The molecule has 0 unspecified atom stereocenters. The lowest BCUT2D eigenvalue weighted by Crippen LogP contribution is -2.27. The highest BCUT2D eigenvalue weighted by Gasteiger charge is 2.26. The highest BCUT2D eigenvalue weighted by atomic mass is 16.5. The van der Waals surface area contributed by atoms with Crippen molar-refractivity contribution >= 4 is 16.7 Å². The Hall–Kier alpha value is -4.06. The van der Waals surface area contributed by atoms with Gasteiger partial charge in [-0.25, -0.2) is 9.97 Å². The van der Waals surface area contributed by atoms with Crippen molar-refractivity contribution in [1.29, 1.82) is 0 Å². The fraction of sp³-hybridized carbons (Fsp3) is 0.241. The molecule has 2 aliphatic heterocycles. The third-order valence-corrected chi connectivity index (χ3v) is 7.33. The summed E-state index contributed by atoms with van der Waals surface area (Å²) in [4.78, 5) is 12.1. The van der Waals surface area contributed by atoms with Crippen LogP contribution in [-0.4, -0.2) is 26.1 Å². The second-order valence-corrected chi connectivity index (χ2v) is 9.85. The van der Waals surface area contributed by atoms with Gasteiger partial charge >= 0.3 is 0 Å². The fourth-order valence-corrected chi connectivity index (χ4v) is 5.86. The number of fused-ring (bicyclic) bond motifs is 8. The smallest absolute Gasteiger partial charge is 0.144 e. The average molecular weight is 462 g/mol. The van der Waals surface area contributed by atoms with Crippen molar-refractivity contribution in [2.45, 2.75) is 40.4 Å². The van der Waals surface area contributed by atoms with Gasteiger partial charge in [0.05, 0.1) is 29.1 Å². The van der Waals surface area contributed by atoms with E-state index in [0.717, 1.165) is 65.1 Å². The maximum absolute atomic E-state index is 6.53. The molecule has 0 aliphatic carbocycles. The van der Waals surface area contributed by atoms with Crippen molar-refractivity contribution in [3.8, 4) is 34.3 Å². The average Bonchev–Trinajstić information content (AvgIpc) is 3.39. The quantitative estimate of drug-likeness (QED) is 0.312. The zero-order valence-corrected chi connectivity index (χ0v) is 20.5. The van der Waals surface area contributed by atoms with Crippen molar-refractivity contribution < 1.29 is 4.74 Å². The number of nitrogens with zero attached hydrogens (tertiary/aromatic N) is 5. The third-order valence-electron chi connectivity index (χ3n) is 7.33. The molecular weight excluding hydrogens is 434 g/mol. The summed E-state index contributed by atoms with van der Waals surface area (Å²) in [5, 5.41) is 0. The van der Waals surface area contributed by atoms with Gasteiger partial charge in [0.1, 0.15) is 23.1 Å². The summed E-state index contributed by atoms with van der Waals surface area (Å²) >= 11 is 0. The van der Waals surface area contributed by atoms with Crippen LogP contribution in [0.15, 0.2) is 54.7 Å². The molecule has 0 N–H and O–H groups in total. The molecule has 174 valence electrons. The number of imidazole rings is 2. The predicted octanol–water partition coefficient (Wildman–Crippen LogP) is 6.25. The van der Waals surface area contributed by atoms with Gasteiger partial charge < -0.3 is 18.8 Å². The van der Waals surface area contributed by atoms with E-state index in [1.54, 1.807) is 0 Å². The topological polar surface area (TPSA) is 48.1 Å². The zero-order valence-electron chi connectivity index (χ0n) is 20.5. The molecule has 0 radical (unpaired) electrons. The van der Waals surface area contributed by atoms with Crippen molar-refractivity contribution in [2.75, 3.05) is 11.9 Å². The summed E-state index contributed by atoms with van der Waals surface area (Å²) in [6.07, 6.45) is 3.15. The number of aryl methyl sites for hydroxylation is 4. The van der Waals surface area contributed by atoms with Crippen molar-refractivity contribution in [3.63, 3.8) is 0 Å². The van der Waals surface area contributed by atoms with Crippen LogP contribution in [0.25, 0.3) is 33.8 Å². The maximum Gasteiger partial charge on any atom is 0.144 e. The highest BCUT2D eigenvalue weighted by molar-refractivity contribution is 5.88. The lowest BCUT2D eigenvalue weighted by Gasteiger charge is -2.31. The molecule has 0 saturated heterocycles. The molecule has 4 heterocycles. The van der Waals surface area contributed by atoms with E-state index in [2.05, 4.69) is 90.5 Å². The second-order valence-electron chi connectivity index (χ2n) is 9.85. The van der Waals surface area contributed by atoms with Crippen LogP contribution in [0.4, 0.5) is 5.69 Å². The Balaban J connectivity index is 1.34. The number of hydrogen-bond acceptors (Lipinski definition) is 4. The van der Waals surface area contributed by atoms with Crippen LogP contribution >= 0.6 is 0 Å². The fourth-order valence-electron chi connectivity index (χ4n) is 5.86. The van der Waals surface area contributed by atoms with Gasteiger partial charge in [-0.1, -0.05) is 12.1 Å². The predicted molar refractivity (Wildman–Crippen MR) is 139 cm³/mol. The Labute approximate surface area is 204 Å².